The summed E-state index contributed by atoms with van der Waals surface area (Å²) in [5, 5.41) is 2.48. The van der Waals surface area contributed by atoms with Crippen LogP contribution in [0.2, 0.25) is 0 Å². The Balaban J connectivity index is 3.13. The maximum atomic E-state index is 11.2. The van der Waals surface area contributed by atoms with Gasteiger partial charge in [0, 0.05) is 22.6 Å². The maximum Gasteiger partial charge on any atom is 0.251 e. The van der Waals surface area contributed by atoms with Gasteiger partial charge < -0.3 is 5.32 Å². The topological polar surface area (TPSA) is 46.2 Å². The highest BCUT2D eigenvalue weighted by molar-refractivity contribution is 9.10. The van der Waals surface area contributed by atoms with Crippen molar-refractivity contribution in [3.8, 4) is 0 Å². The van der Waals surface area contributed by atoms with Gasteiger partial charge in [-0.15, -0.1) is 0 Å². The molecule has 13 heavy (non-hydrogen) atoms. The number of aldehydes is 1. The Hall–Kier alpha value is -1.16. The number of hydrogen-bond donors (Lipinski definition) is 1. The van der Waals surface area contributed by atoms with Crippen LogP contribution >= 0.6 is 15.9 Å². The molecular formula is C9H8BrNO2. The second kappa shape index (κ2) is 4.18. The minimum absolute atomic E-state index is 0.199. The molecule has 4 heteroatoms. The zero-order valence-electron chi connectivity index (χ0n) is 7.00. The van der Waals surface area contributed by atoms with E-state index in [-0.39, 0.29) is 5.91 Å². The average Bonchev–Trinajstić information content (AvgIpc) is 2.17. The number of carbonyl (C=O) groups is 2. The van der Waals surface area contributed by atoms with E-state index in [1.807, 2.05) is 0 Å². The number of halogens is 1. The molecule has 1 N–H and O–H groups in total. The van der Waals surface area contributed by atoms with Gasteiger partial charge in [0.1, 0.15) is 0 Å². The predicted molar refractivity (Wildman–Crippen MR) is 52.9 cm³/mol. The van der Waals surface area contributed by atoms with E-state index < -0.39 is 0 Å². The maximum absolute atomic E-state index is 11.2. The van der Waals surface area contributed by atoms with Crippen molar-refractivity contribution in [3.63, 3.8) is 0 Å². The van der Waals surface area contributed by atoms with Crippen molar-refractivity contribution in [3.05, 3.63) is 33.8 Å². The number of hydrogen-bond acceptors (Lipinski definition) is 2. The average molecular weight is 242 g/mol. The number of carbonyl (C=O) groups excluding carboxylic acids is 2. The summed E-state index contributed by atoms with van der Waals surface area (Å²) in [6.07, 6.45) is 0.705. The summed E-state index contributed by atoms with van der Waals surface area (Å²) in [4.78, 5) is 21.7. The molecule has 68 valence electrons. The lowest BCUT2D eigenvalue weighted by atomic mass is 10.1. The van der Waals surface area contributed by atoms with Crippen LogP contribution in [0, 0.1) is 0 Å². The summed E-state index contributed by atoms with van der Waals surface area (Å²) in [7, 11) is 1.55. The Bertz CT molecular complexity index is 349. The van der Waals surface area contributed by atoms with E-state index in [4.69, 9.17) is 0 Å². The molecule has 0 atom stereocenters. The van der Waals surface area contributed by atoms with Gasteiger partial charge in [-0.25, -0.2) is 0 Å². The Morgan fingerprint density at radius 3 is 2.77 bits per heavy atom. The van der Waals surface area contributed by atoms with E-state index in [1.54, 1.807) is 19.2 Å². The first-order valence-corrected chi connectivity index (χ1v) is 4.45. The summed E-state index contributed by atoms with van der Waals surface area (Å²) < 4.78 is 0.690. The third-order valence-electron chi connectivity index (χ3n) is 1.61. The van der Waals surface area contributed by atoms with Gasteiger partial charge in [-0.1, -0.05) is 15.9 Å². The standard InChI is InChI=1S/C9H8BrNO2/c1-11-9(13)6-2-3-8(10)7(4-6)5-12/h2-5H,1H3,(H,11,13). The number of nitrogens with one attached hydrogen (secondary N) is 1. The molecule has 0 aromatic heterocycles. The fourth-order valence-electron chi connectivity index (χ4n) is 0.920. The molecule has 0 heterocycles. The number of benzene rings is 1. The highest BCUT2D eigenvalue weighted by Crippen LogP contribution is 2.16. The van der Waals surface area contributed by atoms with Gasteiger partial charge in [-0.05, 0) is 18.2 Å². The van der Waals surface area contributed by atoms with Crippen LogP contribution in [0.25, 0.3) is 0 Å². The molecule has 0 aliphatic heterocycles. The highest BCUT2D eigenvalue weighted by atomic mass is 79.9. The van der Waals surface area contributed by atoms with Gasteiger partial charge in [0.15, 0.2) is 6.29 Å². The van der Waals surface area contributed by atoms with Crippen LogP contribution in [-0.4, -0.2) is 19.2 Å². The molecule has 0 saturated heterocycles. The zero-order chi connectivity index (χ0) is 9.84. The van der Waals surface area contributed by atoms with Crippen LogP contribution in [0.4, 0.5) is 0 Å². The molecule has 3 nitrogen and oxygen atoms in total. The molecule has 0 saturated carbocycles. The molecule has 1 aromatic rings. The van der Waals surface area contributed by atoms with Gasteiger partial charge in [0.2, 0.25) is 0 Å². The summed E-state index contributed by atoms with van der Waals surface area (Å²) >= 11 is 3.20. The van der Waals surface area contributed by atoms with Crippen molar-refractivity contribution in [1.82, 2.24) is 5.32 Å². The highest BCUT2D eigenvalue weighted by Gasteiger charge is 2.05. The summed E-state index contributed by atoms with van der Waals surface area (Å²) in [5.41, 5.74) is 0.953. The van der Waals surface area contributed by atoms with Crippen LogP contribution in [-0.2, 0) is 0 Å². The molecule has 0 radical (unpaired) electrons. The molecule has 1 aromatic carbocycles. The second-order valence-corrected chi connectivity index (χ2v) is 3.29. The lowest BCUT2D eigenvalue weighted by Crippen LogP contribution is -2.17. The van der Waals surface area contributed by atoms with Gasteiger partial charge in [0.05, 0.1) is 0 Å². The first-order valence-electron chi connectivity index (χ1n) is 3.66. The van der Waals surface area contributed by atoms with Gasteiger partial charge in [0.25, 0.3) is 5.91 Å². The summed E-state index contributed by atoms with van der Waals surface area (Å²) in [5.74, 6) is -0.199. The molecule has 0 aliphatic rings. The SMILES string of the molecule is CNC(=O)c1ccc(Br)c(C=O)c1. The molecule has 1 amide bonds. The van der Waals surface area contributed by atoms with Crippen LogP contribution in [0.1, 0.15) is 20.7 Å². The minimum Gasteiger partial charge on any atom is -0.355 e. The molecule has 0 spiro atoms. The molecule has 1 rings (SSSR count). The van der Waals surface area contributed by atoms with E-state index in [0.717, 1.165) is 0 Å². The molecule has 0 bridgehead atoms. The van der Waals surface area contributed by atoms with Gasteiger partial charge in [-0.3, -0.25) is 9.59 Å². The van der Waals surface area contributed by atoms with E-state index >= 15 is 0 Å². The fourth-order valence-corrected chi connectivity index (χ4v) is 1.26. The normalized spacial score (nSPS) is 9.38. The first-order chi connectivity index (χ1) is 6.19. The van der Waals surface area contributed by atoms with Crippen molar-refractivity contribution in [2.24, 2.45) is 0 Å². The molecule has 0 fully saturated rings. The van der Waals surface area contributed by atoms with E-state index in [0.29, 0.717) is 21.9 Å². The molecule has 0 aliphatic carbocycles. The van der Waals surface area contributed by atoms with E-state index in [9.17, 15) is 9.59 Å². The predicted octanol–water partition coefficient (Wildman–Crippen LogP) is 1.62. The van der Waals surface area contributed by atoms with Crippen LogP contribution in [0.15, 0.2) is 22.7 Å². The molecule has 0 unspecified atom stereocenters. The van der Waals surface area contributed by atoms with Crippen molar-refractivity contribution < 1.29 is 9.59 Å². The fraction of sp³-hybridized carbons (Fsp3) is 0.111. The lowest BCUT2D eigenvalue weighted by molar-refractivity contribution is 0.0963. The third-order valence-corrected chi connectivity index (χ3v) is 2.33. The van der Waals surface area contributed by atoms with E-state index in [1.165, 1.54) is 6.07 Å². The Morgan fingerprint density at radius 2 is 2.23 bits per heavy atom. The Morgan fingerprint density at radius 1 is 1.54 bits per heavy atom. The van der Waals surface area contributed by atoms with Crippen molar-refractivity contribution in [2.75, 3.05) is 7.05 Å². The van der Waals surface area contributed by atoms with Crippen LogP contribution < -0.4 is 5.32 Å². The minimum atomic E-state index is -0.199. The second-order valence-electron chi connectivity index (χ2n) is 2.43. The van der Waals surface area contributed by atoms with Crippen LogP contribution in [0.3, 0.4) is 0 Å². The zero-order valence-corrected chi connectivity index (χ0v) is 8.59. The quantitative estimate of drug-likeness (QED) is 0.801. The monoisotopic (exact) mass is 241 g/mol. The van der Waals surface area contributed by atoms with Crippen molar-refractivity contribution in [1.29, 1.82) is 0 Å². The number of rotatable bonds is 2. The lowest BCUT2D eigenvalue weighted by Gasteiger charge is -2.01. The summed E-state index contributed by atoms with van der Waals surface area (Å²) in [6, 6.07) is 4.86. The van der Waals surface area contributed by atoms with Gasteiger partial charge >= 0.3 is 0 Å². The van der Waals surface area contributed by atoms with E-state index in [2.05, 4.69) is 21.2 Å². The third kappa shape index (κ3) is 2.15. The largest absolute Gasteiger partial charge is 0.355 e. The first kappa shape index (κ1) is 9.92. The van der Waals surface area contributed by atoms with Gasteiger partial charge in [-0.2, -0.15) is 0 Å². The Kier molecular flexibility index (Phi) is 3.19. The van der Waals surface area contributed by atoms with Crippen molar-refractivity contribution >= 4 is 28.1 Å². The van der Waals surface area contributed by atoms with Crippen molar-refractivity contribution in [2.45, 2.75) is 0 Å². The Labute approximate surface area is 84.3 Å². The summed E-state index contributed by atoms with van der Waals surface area (Å²) in [6.45, 7) is 0. The number of amides is 1. The molecular weight excluding hydrogens is 234 g/mol. The van der Waals surface area contributed by atoms with Crippen LogP contribution in [0.5, 0.6) is 0 Å². The smallest absolute Gasteiger partial charge is 0.251 e.